The molecule has 0 aliphatic rings. The van der Waals surface area contributed by atoms with E-state index in [0.29, 0.717) is 63.6 Å². The average Bonchev–Trinajstić information content (AvgIpc) is 3.49. The molecule has 0 bridgehead atoms. The molecular formula is C72H142N2O7S2. The normalized spacial score (nSPS) is 13.4. The summed E-state index contributed by atoms with van der Waals surface area (Å²) in [5.74, 6) is 0.0775. The Labute approximate surface area is 524 Å². The number of aliphatic hydroxyl groups excluding tert-OH is 4. The molecule has 0 aromatic rings. The van der Waals surface area contributed by atoms with Gasteiger partial charge in [0.25, 0.3) is 5.12 Å². The fourth-order valence-electron chi connectivity index (χ4n) is 11.8. The molecule has 0 aliphatic heterocycles. The van der Waals surface area contributed by atoms with Crippen LogP contribution in [0.2, 0.25) is 0 Å². The molecule has 0 aromatic carbocycles. The number of carbonyl (C=O) groups excluding carboxylic acids is 3. The SMILES string of the molecule is CCCCCCCCCCCCCCC(O)CN(CCSC(=O)CC(=O)C(=O)SCCN(CC(O)CCCCCCCCCCCCCC)CC(O)CCCCCCCCCCCCCC)CC(O)CCCCCCCCCCCCCC. The first-order chi connectivity index (χ1) is 40.6. The maximum Gasteiger partial charge on any atom is 0.255 e. The zero-order valence-electron chi connectivity index (χ0n) is 55.7. The van der Waals surface area contributed by atoms with Gasteiger partial charge in [-0.15, -0.1) is 0 Å². The Bertz CT molecular complexity index is 1290. The summed E-state index contributed by atoms with van der Waals surface area (Å²) in [6, 6.07) is 0. The van der Waals surface area contributed by atoms with Gasteiger partial charge in [-0.05, 0) is 25.7 Å². The summed E-state index contributed by atoms with van der Waals surface area (Å²) in [4.78, 5) is 43.5. The maximum atomic E-state index is 13.1. The highest BCUT2D eigenvalue weighted by Crippen LogP contribution is 2.20. The van der Waals surface area contributed by atoms with Crippen LogP contribution in [0.5, 0.6) is 0 Å². The number of ketones is 1. The van der Waals surface area contributed by atoms with Crippen molar-refractivity contribution in [3.63, 3.8) is 0 Å². The minimum atomic E-state index is -0.689. The first-order valence-corrected chi connectivity index (χ1v) is 38.6. The van der Waals surface area contributed by atoms with Gasteiger partial charge in [0, 0.05) is 50.8 Å². The van der Waals surface area contributed by atoms with E-state index in [1.54, 1.807) is 0 Å². The van der Waals surface area contributed by atoms with Crippen molar-refractivity contribution in [3.05, 3.63) is 0 Å². The first-order valence-electron chi connectivity index (χ1n) is 36.6. The molecule has 494 valence electrons. The van der Waals surface area contributed by atoms with Crippen LogP contribution in [0.4, 0.5) is 0 Å². The Morgan fingerprint density at radius 3 is 0.699 bits per heavy atom. The first kappa shape index (κ1) is 82.5. The van der Waals surface area contributed by atoms with Crippen molar-refractivity contribution in [1.29, 1.82) is 0 Å². The van der Waals surface area contributed by atoms with E-state index in [1.807, 2.05) is 0 Å². The number of thioether (sulfide) groups is 2. The second-order valence-corrected chi connectivity index (χ2v) is 28.0. The summed E-state index contributed by atoms with van der Waals surface area (Å²) in [6.07, 6.45) is 61.4. The highest BCUT2D eigenvalue weighted by Gasteiger charge is 2.22. The maximum absolute atomic E-state index is 13.1. The summed E-state index contributed by atoms with van der Waals surface area (Å²) >= 11 is 2.00. The van der Waals surface area contributed by atoms with E-state index in [1.165, 1.54) is 257 Å². The summed E-state index contributed by atoms with van der Waals surface area (Å²) in [5.41, 5.74) is 0. The lowest BCUT2D eigenvalue weighted by Gasteiger charge is -2.27. The lowest BCUT2D eigenvalue weighted by Crippen LogP contribution is -2.39. The summed E-state index contributed by atoms with van der Waals surface area (Å²) in [6.45, 7) is 11.8. The molecule has 0 fully saturated rings. The monoisotopic (exact) mass is 1210 g/mol. The van der Waals surface area contributed by atoms with Crippen molar-refractivity contribution in [2.24, 2.45) is 0 Å². The van der Waals surface area contributed by atoms with Crippen LogP contribution < -0.4 is 0 Å². The minimum absolute atomic E-state index is 0.332. The predicted molar refractivity (Wildman–Crippen MR) is 364 cm³/mol. The van der Waals surface area contributed by atoms with E-state index in [-0.39, 0.29) is 5.12 Å². The molecule has 0 amide bonds. The quantitative estimate of drug-likeness (QED) is 0.0263. The van der Waals surface area contributed by atoms with Crippen LogP contribution in [0.1, 0.15) is 368 Å². The number of nitrogens with zero attached hydrogens (tertiary/aromatic N) is 2. The molecular weight excluding hydrogens is 1070 g/mol. The van der Waals surface area contributed by atoms with Crippen molar-refractivity contribution in [2.75, 3.05) is 50.8 Å². The van der Waals surface area contributed by atoms with Gasteiger partial charge in [-0.1, -0.05) is 359 Å². The van der Waals surface area contributed by atoms with Crippen molar-refractivity contribution in [3.8, 4) is 0 Å². The van der Waals surface area contributed by atoms with Crippen molar-refractivity contribution in [1.82, 2.24) is 9.80 Å². The number of hydrogen-bond donors (Lipinski definition) is 4. The number of unbranched alkanes of at least 4 members (excludes halogenated alkanes) is 44. The van der Waals surface area contributed by atoms with Gasteiger partial charge < -0.3 is 20.4 Å². The van der Waals surface area contributed by atoms with E-state index < -0.39 is 41.7 Å². The number of carbonyl (C=O) groups is 3. The minimum Gasteiger partial charge on any atom is -0.392 e. The van der Waals surface area contributed by atoms with E-state index in [0.717, 1.165) is 87.7 Å². The van der Waals surface area contributed by atoms with Crippen molar-refractivity contribution >= 4 is 39.5 Å². The van der Waals surface area contributed by atoms with Gasteiger partial charge >= 0.3 is 0 Å². The average molecular weight is 1210 g/mol. The zero-order valence-corrected chi connectivity index (χ0v) is 57.3. The van der Waals surface area contributed by atoms with Gasteiger partial charge in [0.15, 0.2) is 5.12 Å². The Morgan fingerprint density at radius 1 is 0.289 bits per heavy atom. The molecule has 0 spiro atoms. The summed E-state index contributed by atoms with van der Waals surface area (Å²) in [5, 5.41) is 43.7. The van der Waals surface area contributed by atoms with Crippen LogP contribution in [-0.2, 0) is 14.4 Å². The molecule has 4 N–H and O–H groups in total. The molecule has 0 saturated carbocycles. The standard InChI is InChI=1S/C72H142N2O7S2/c1-5-9-13-17-21-25-29-33-37-41-45-49-53-66(75)62-73(63-67(76)54-50-46-42-38-34-30-26-22-18-14-10-6-2)57-59-82-71(80)61-70(79)72(81)83-60-58-74(64-68(77)55-51-47-43-39-35-31-27-23-19-15-11-7-3)65-69(78)56-52-48-44-40-36-32-28-24-20-16-12-8-4/h66-69,75-78H,5-65H2,1-4H3. The Kier molecular flexibility index (Phi) is 65.5. The number of hydrogen-bond acceptors (Lipinski definition) is 11. The molecule has 4 unspecified atom stereocenters. The number of Topliss-reactive ketones (excluding diaryl/α,β-unsaturated/α-hetero) is 1. The molecule has 0 aromatic heterocycles. The largest absolute Gasteiger partial charge is 0.392 e. The third kappa shape index (κ3) is 61.5. The number of aliphatic hydroxyl groups is 4. The van der Waals surface area contributed by atoms with Gasteiger partial charge in [0.05, 0.1) is 30.8 Å². The molecule has 0 rings (SSSR count). The predicted octanol–water partition coefficient (Wildman–Crippen LogP) is 19.9. The second-order valence-electron chi connectivity index (χ2n) is 25.8. The van der Waals surface area contributed by atoms with Gasteiger partial charge in [-0.3, -0.25) is 24.2 Å². The zero-order chi connectivity index (χ0) is 60.7. The van der Waals surface area contributed by atoms with Crippen molar-refractivity contribution in [2.45, 2.75) is 392 Å². The van der Waals surface area contributed by atoms with Crippen molar-refractivity contribution < 1.29 is 34.8 Å². The summed E-state index contributed by atoms with van der Waals surface area (Å²) < 4.78 is 0. The molecule has 0 radical (unpaired) electrons. The van der Waals surface area contributed by atoms with Gasteiger partial charge in [-0.25, -0.2) is 0 Å². The van der Waals surface area contributed by atoms with Crippen LogP contribution in [0, 0.1) is 0 Å². The lowest BCUT2D eigenvalue weighted by molar-refractivity contribution is -0.133. The van der Waals surface area contributed by atoms with E-state index in [2.05, 4.69) is 37.5 Å². The van der Waals surface area contributed by atoms with Crippen LogP contribution >= 0.6 is 23.5 Å². The van der Waals surface area contributed by atoms with Gasteiger partial charge in [0.1, 0.15) is 0 Å². The Morgan fingerprint density at radius 2 is 0.482 bits per heavy atom. The highest BCUT2D eigenvalue weighted by atomic mass is 32.2. The van der Waals surface area contributed by atoms with E-state index in [9.17, 15) is 34.8 Å². The lowest BCUT2D eigenvalue weighted by atomic mass is 10.0. The Hall–Kier alpha value is -0.530. The summed E-state index contributed by atoms with van der Waals surface area (Å²) in [7, 11) is 0. The molecule has 9 nitrogen and oxygen atoms in total. The fraction of sp³-hybridized carbons (Fsp3) is 0.958. The molecule has 4 atom stereocenters. The van der Waals surface area contributed by atoms with E-state index >= 15 is 0 Å². The van der Waals surface area contributed by atoms with Crippen LogP contribution in [0.15, 0.2) is 0 Å². The molecule has 83 heavy (non-hydrogen) atoms. The smallest absolute Gasteiger partial charge is 0.255 e. The van der Waals surface area contributed by atoms with Crippen LogP contribution in [0.3, 0.4) is 0 Å². The Balaban J connectivity index is 5.11. The highest BCUT2D eigenvalue weighted by molar-refractivity contribution is 8.15. The molecule has 11 heteroatoms. The molecule has 0 aliphatic carbocycles. The van der Waals surface area contributed by atoms with Crippen LogP contribution in [0.25, 0.3) is 0 Å². The second kappa shape index (κ2) is 65.9. The third-order valence-electron chi connectivity index (χ3n) is 17.3. The van der Waals surface area contributed by atoms with E-state index in [4.69, 9.17) is 0 Å². The number of rotatable bonds is 69. The van der Waals surface area contributed by atoms with Gasteiger partial charge in [0.2, 0.25) is 5.78 Å². The molecule has 0 saturated heterocycles. The molecule has 0 heterocycles. The van der Waals surface area contributed by atoms with Gasteiger partial charge in [-0.2, -0.15) is 0 Å². The third-order valence-corrected chi connectivity index (χ3v) is 19.0. The van der Waals surface area contributed by atoms with Crippen LogP contribution in [-0.4, -0.2) is 121 Å². The fourth-order valence-corrected chi connectivity index (χ4v) is 13.4. The topological polar surface area (TPSA) is 139 Å².